The zero-order valence-corrected chi connectivity index (χ0v) is 9.43. The Morgan fingerprint density at radius 3 is 2.71 bits per heavy atom. The van der Waals surface area contributed by atoms with Gasteiger partial charge in [-0.15, -0.1) is 0 Å². The molecule has 0 saturated heterocycles. The molecule has 1 heterocycles. The van der Waals surface area contributed by atoms with Crippen LogP contribution in [0.15, 0.2) is 28.8 Å². The van der Waals surface area contributed by atoms with E-state index in [1.807, 2.05) is 6.92 Å². The first-order chi connectivity index (χ1) is 8.06. The number of benzene rings is 1. The average Bonchev–Trinajstić information content (AvgIpc) is 2.63. The molecule has 0 spiro atoms. The summed E-state index contributed by atoms with van der Waals surface area (Å²) in [4.78, 5) is 10.4. The molecular formula is C11H11N3O3. The second-order valence-corrected chi connectivity index (χ2v) is 3.74. The van der Waals surface area contributed by atoms with Gasteiger partial charge in [-0.2, -0.15) is 0 Å². The summed E-state index contributed by atoms with van der Waals surface area (Å²) in [6.45, 7) is 3.64. The van der Waals surface area contributed by atoms with Crippen molar-refractivity contribution in [3.8, 4) is 0 Å². The summed E-state index contributed by atoms with van der Waals surface area (Å²) in [5.74, 6) is 0.385. The van der Waals surface area contributed by atoms with Gasteiger partial charge in [-0.25, -0.2) is 0 Å². The first-order valence-electron chi connectivity index (χ1n) is 5.01. The van der Waals surface area contributed by atoms with Crippen molar-refractivity contribution in [2.75, 3.05) is 5.32 Å². The van der Waals surface area contributed by atoms with Crippen molar-refractivity contribution < 1.29 is 9.45 Å². The van der Waals surface area contributed by atoms with Crippen LogP contribution < -0.4 is 5.32 Å². The highest BCUT2D eigenvalue weighted by Crippen LogP contribution is 2.28. The summed E-state index contributed by atoms with van der Waals surface area (Å²) >= 11 is 0. The summed E-state index contributed by atoms with van der Waals surface area (Å²) in [6.07, 6.45) is 0. The van der Waals surface area contributed by atoms with E-state index in [1.54, 1.807) is 25.1 Å². The predicted molar refractivity (Wildman–Crippen MR) is 62.4 cm³/mol. The predicted octanol–water partition coefficient (Wildman–Crippen LogP) is 2.94. The Balaban J connectivity index is 2.37. The van der Waals surface area contributed by atoms with Gasteiger partial charge in [0.2, 0.25) is 5.88 Å². The fourth-order valence-electron chi connectivity index (χ4n) is 1.46. The number of nitro benzene ring substituents is 1. The van der Waals surface area contributed by atoms with Gasteiger partial charge >= 0.3 is 0 Å². The zero-order chi connectivity index (χ0) is 12.4. The summed E-state index contributed by atoms with van der Waals surface area (Å²) < 4.78 is 4.96. The summed E-state index contributed by atoms with van der Waals surface area (Å²) in [5, 5.41) is 17.4. The molecule has 2 rings (SSSR count). The highest BCUT2D eigenvalue weighted by Gasteiger charge is 2.14. The molecule has 0 bridgehead atoms. The third-order valence-corrected chi connectivity index (χ3v) is 2.23. The molecule has 17 heavy (non-hydrogen) atoms. The Morgan fingerprint density at radius 1 is 1.35 bits per heavy atom. The van der Waals surface area contributed by atoms with Crippen LogP contribution in [-0.2, 0) is 0 Å². The molecule has 0 fully saturated rings. The van der Waals surface area contributed by atoms with Crippen LogP contribution in [0.1, 0.15) is 11.3 Å². The van der Waals surface area contributed by atoms with E-state index >= 15 is 0 Å². The Kier molecular flexibility index (Phi) is 2.78. The van der Waals surface area contributed by atoms with E-state index in [1.165, 1.54) is 6.07 Å². The molecule has 0 radical (unpaired) electrons. The Labute approximate surface area is 97.4 Å². The molecule has 88 valence electrons. The van der Waals surface area contributed by atoms with Crippen LogP contribution in [0.3, 0.4) is 0 Å². The van der Waals surface area contributed by atoms with Crippen molar-refractivity contribution in [2.24, 2.45) is 0 Å². The topological polar surface area (TPSA) is 81.2 Å². The smallest absolute Gasteiger partial charge is 0.292 e. The molecule has 0 saturated carbocycles. The number of nitro groups is 1. The maximum absolute atomic E-state index is 10.8. The molecule has 2 aromatic rings. The van der Waals surface area contributed by atoms with Crippen LogP contribution in [0, 0.1) is 24.0 Å². The van der Waals surface area contributed by atoms with E-state index in [-0.39, 0.29) is 5.69 Å². The van der Waals surface area contributed by atoms with Crippen LogP contribution in [-0.4, -0.2) is 10.1 Å². The highest BCUT2D eigenvalue weighted by atomic mass is 16.6. The lowest BCUT2D eigenvalue weighted by Gasteiger charge is -2.04. The fraction of sp³-hybridized carbons (Fsp3) is 0.182. The van der Waals surface area contributed by atoms with E-state index in [0.29, 0.717) is 17.3 Å². The zero-order valence-electron chi connectivity index (χ0n) is 9.43. The van der Waals surface area contributed by atoms with Crippen LogP contribution >= 0.6 is 0 Å². The van der Waals surface area contributed by atoms with Crippen molar-refractivity contribution >= 4 is 17.3 Å². The molecule has 1 N–H and O–H groups in total. The number of hydrogen-bond acceptors (Lipinski definition) is 5. The molecule has 0 unspecified atom stereocenters. The fourth-order valence-corrected chi connectivity index (χ4v) is 1.46. The lowest BCUT2D eigenvalue weighted by Crippen LogP contribution is -1.96. The van der Waals surface area contributed by atoms with Crippen LogP contribution in [0.5, 0.6) is 0 Å². The van der Waals surface area contributed by atoms with Gasteiger partial charge in [0.25, 0.3) is 5.69 Å². The normalized spacial score (nSPS) is 10.2. The first kappa shape index (κ1) is 11.1. The summed E-state index contributed by atoms with van der Waals surface area (Å²) in [6, 6.07) is 6.51. The van der Waals surface area contributed by atoms with Crippen LogP contribution in [0.25, 0.3) is 0 Å². The summed E-state index contributed by atoms with van der Waals surface area (Å²) in [5.41, 5.74) is 2.04. The maximum Gasteiger partial charge on any atom is 0.292 e. The van der Waals surface area contributed by atoms with Gasteiger partial charge < -0.3 is 9.84 Å². The average molecular weight is 233 g/mol. The van der Waals surface area contributed by atoms with Crippen molar-refractivity contribution in [2.45, 2.75) is 13.8 Å². The number of nitrogens with zero attached hydrogens (tertiary/aromatic N) is 2. The number of nitrogens with one attached hydrogen (secondary N) is 1. The number of rotatable bonds is 3. The minimum Gasteiger partial charge on any atom is -0.338 e. The van der Waals surface area contributed by atoms with Gasteiger partial charge in [0.1, 0.15) is 5.69 Å². The number of anilines is 2. The van der Waals surface area contributed by atoms with Gasteiger partial charge in [-0.3, -0.25) is 10.1 Å². The molecular weight excluding hydrogens is 222 g/mol. The van der Waals surface area contributed by atoms with Crippen molar-refractivity contribution in [3.05, 3.63) is 45.6 Å². The second-order valence-electron chi connectivity index (χ2n) is 3.74. The quantitative estimate of drug-likeness (QED) is 0.651. The highest BCUT2D eigenvalue weighted by molar-refractivity contribution is 5.68. The molecule has 6 nitrogen and oxygen atoms in total. The third-order valence-electron chi connectivity index (χ3n) is 2.23. The minimum absolute atomic E-state index is 0.00431. The van der Waals surface area contributed by atoms with Crippen LogP contribution in [0.4, 0.5) is 17.3 Å². The first-order valence-corrected chi connectivity index (χ1v) is 5.01. The van der Waals surface area contributed by atoms with E-state index in [2.05, 4.69) is 10.5 Å². The molecule has 0 aliphatic heterocycles. The van der Waals surface area contributed by atoms with Crippen LogP contribution in [0.2, 0.25) is 0 Å². The number of aromatic nitrogens is 1. The number of hydrogen-bond donors (Lipinski definition) is 1. The third kappa shape index (κ3) is 2.41. The van der Waals surface area contributed by atoms with E-state index in [0.717, 1.165) is 5.56 Å². The Hall–Kier alpha value is -2.37. The lowest BCUT2D eigenvalue weighted by atomic mass is 10.2. The SMILES string of the molecule is Cc1ccc([N+](=O)[O-])c(Nc2cc(C)no2)c1. The van der Waals surface area contributed by atoms with E-state index in [9.17, 15) is 10.1 Å². The van der Waals surface area contributed by atoms with Crippen molar-refractivity contribution in [3.63, 3.8) is 0 Å². The molecule has 0 aliphatic carbocycles. The molecule has 6 heteroatoms. The standard InChI is InChI=1S/C11H11N3O3/c1-7-3-4-10(14(15)16)9(5-7)12-11-6-8(2)13-17-11/h3-6,12H,1-2H3. The molecule has 0 atom stereocenters. The molecule has 0 aliphatic rings. The lowest BCUT2D eigenvalue weighted by molar-refractivity contribution is -0.383. The van der Waals surface area contributed by atoms with E-state index < -0.39 is 4.92 Å². The Morgan fingerprint density at radius 2 is 2.12 bits per heavy atom. The van der Waals surface area contributed by atoms with Gasteiger partial charge in [0, 0.05) is 12.1 Å². The van der Waals surface area contributed by atoms with Crippen molar-refractivity contribution in [1.82, 2.24) is 5.16 Å². The van der Waals surface area contributed by atoms with E-state index in [4.69, 9.17) is 4.52 Å². The van der Waals surface area contributed by atoms with Gasteiger partial charge in [0.15, 0.2) is 0 Å². The second kappa shape index (κ2) is 4.25. The van der Waals surface area contributed by atoms with Crippen molar-refractivity contribution in [1.29, 1.82) is 0 Å². The molecule has 1 aromatic heterocycles. The Bertz CT molecular complexity index is 563. The number of aryl methyl sites for hydroxylation is 2. The largest absolute Gasteiger partial charge is 0.338 e. The minimum atomic E-state index is -0.439. The molecule has 1 aromatic carbocycles. The summed E-state index contributed by atoms with van der Waals surface area (Å²) in [7, 11) is 0. The maximum atomic E-state index is 10.8. The molecule has 0 amide bonds. The van der Waals surface area contributed by atoms with Gasteiger partial charge in [-0.1, -0.05) is 11.2 Å². The monoisotopic (exact) mass is 233 g/mol. The van der Waals surface area contributed by atoms with Gasteiger partial charge in [-0.05, 0) is 25.5 Å². The van der Waals surface area contributed by atoms with Gasteiger partial charge in [0.05, 0.1) is 10.6 Å².